The van der Waals surface area contributed by atoms with Gasteiger partial charge >= 0.3 is 0 Å². The zero-order valence-electron chi connectivity index (χ0n) is 9.30. The van der Waals surface area contributed by atoms with Gasteiger partial charge in [-0.3, -0.25) is 4.79 Å². The number of primary amides is 1. The highest BCUT2D eigenvalue weighted by Gasteiger charge is 2.39. The Kier molecular flexibility index (Phi) is 3.35. The number of hydrogen-bond acceptors (Lipinski definition) is 2. The van der Waals surface area contributed by atoms with Crippen LogP contribution in [0.15, 0.2) is 18.2 Å². The minimum atomic E-state index is -0.736. The summed E-state index contributed by atoms with van der Waals surface area (Å²) in [4.78, 5) is 11.5. The van der Waals surface area contributed by atoms with Crippen LogP contribution in [0.5, 0.6) is 0 Å². The molecule has 3 nitrogen and oxygen atoms in total. The molecule has 1 aromatic rings. The Morgan fingerprint density at radius 2 is 2.35 bits per heavy atom. The minimum Gasteiger partial charge on any atom is -0.368 e. The number of rotatable bonds is 3. The van der Waals surface area contributed by atoms with Gasteiger partial charge in [0, 0.05) is 0 Å². The van der Waals surface area contributed by atoms with Gasteiger partial charge in [0.15, 0.2) is 0 Å². The fourth-order valence-corrected chi connectivity index (χ4v) is 2.37. The summed E-state index contributed by atoms with van der Waals surface area (Å²) in [5.74, 6) is -0.854. The van der Waals surface area contributed by atoms with Crippen molar-refractivity contribution in [3.05, 3.63) is 34.6 Å². The topological polar surface area (TPSA) is 55.1 Å². The highest BCUT2D eigenvalue weighted by molar-refractivity contribution is 6.30. The summed E-state index contributed by atoms with van der Waals surface area (Å²) in [6, 6.07) is 4.57. The molecular weight excluding hydrogens is 243 g/mol. The molecule has 92 valence electrons. The number of halogens is 2. The van der Waals surface area contributed by atoms with E-state index in [0.717, 1.165) is 18.5 Å². The molecule has 1 fully saturated rings. The Balaban J connectivity index is 2.23. The Morgan fingerprint density at radius 3 is 2.88 bits per heavy atom. The van der Waals surface area contributed by atoms with E-state index in [1.54, 1.807) is 6.07 Å². The highest BCUT2D eigenvalue weighted by atomic mass is 35.5. The summed E-state index contributed by atoms with van der Waals surface area (Å²) in [5, 5.41) is 3.21. The molecule has 2 rings (SSSR count). The quantitative estimate of drug-likeness (QED) is 0.864. The van der Waals surface area contributed by atoms with Gasteiger partial charge < -0.3 is 11.1 Å². The van der Waals surface area contributed by atoms with Crippen molar-refractivity contribution in [3.63, 3.8) is 0 Å². The van der Waals surface area contributed by atoms with Crippen LogP contribution in [0.25, 0.3) is 0 Å². The van der Waals surface area contributed by atoms with Crippen molar-refractivity contribution in [1.29, 1.82) is 0 Å². The molecule has 3 N–H and O–H groups in total. The largest absolute Gasteiger partial charge is 0.368 e. The van der Waals surface area contributed by atoms with E-state index in [-0.39, 0.29) is 10.9 Å². The number of nitrogens with two attached hydrogens (primary N) is 1. The van der Waals surface area contributed by atoms with Crippen LogP contribution in [-0.4, -0.2) is 18.0 Å². The number of amides is 1. The molecule has 0 saturated carbocycles. The third kappa shape index (κ3) is 2.42. The van der Waals surface area contributed by atoms with Crippen LogP contribution in [0.3, 0.4) is 0 Å². The number of benzene rings is 1. The van der Waals surface area contributed by atoms with Gasteiger partial charge in [-0.25, -0.2) is 4.39 Å². The maximum Gasteiger partial charge on any atom is 0.238 e. The summed E-state index contributed by atoms with van der Waals surface area (Å²) < 4.78 is 13.3. The van der Waals surface area contributed by atoms with Crippen molar-refractivity contribution in [2.45, 2.75) is 24.8 Å². The number of carbonyl (C=O) groups excluding carboxylic acids is 1. The van der Waals surface area contributed by atoms with Crippen LogP contribution in [0.2, 0.25) is 5.02 Å². The summed E-state index contributed by atoms with van der Waals surface area (Å²) >= 11 is 5.61. The summed E-state index contributed by atoms with van der Waals surface area (Å²) in [5.41, 5.74) is 5.41. The van der Waals surface area contributed by atoms with Gasteiger partial charge in [-0.05, 0) is 43.5 Å². The monoisotopic (exact) mass is 256 g/mol. The lowest BCUT2D eigenvalue weighted by Crippen LogP contribution is -2.53. The first-order valence-electron chi connectivity index (χ1n) is 5.52. The fourth-order valence-electron chi connectivity index (χ4n) is 2.25. The molecule has 1 aliphatic rings. The second kappa shape index (κ2) is 4.63. The Labute approximate surface area is 104 Å². The molecule has 1 aliphatic heterocycles. The molecule has 5 heteroatoms. The molecule has 1 saturated heterocycles. The van der Waals surface area contributed by atoms with Crippen LogP contribution < -0.4 is 11.1 Å². The number of nitrogens with one attached hydrogen (secondary N) is 1. The molecule has 1 aromatic carbocycles. The van der Waals surface area contributed by atoms with Crippen LogP contribution in [-0.2, 0) is 11.2 Å². The van der Waals surface area contributed by atoms with Gasteiger partial charge in [0.2, 0.25) is 5.91 Å². The lowest BCUT2D eigenvalue weighted by atomic mass is 9.88. The van der Waals surface area contributed by atoms with Crippen LogP contribution >= 0.6 is 11.6 Å². The van der Waals surface area contributed by atoms with E-state index in [9.17, 15) is 9.18 Å². The Bertz CT molecular complexity index is 444. The Morgan fingerprint density at radius 1 is 1.59 bits per heavy atom. The summed E-state index contributed by atoms with van der Waals surface area (Å²) in [6.45, 7) is 0.763. The molecule has 17 heavy (non-hydrogen) atoms. The second-order valence-electron chi connectivity index (χ2n) is 4.40. The fraction of sp³-hybridized carbons (Fsp3) is 0.417. The van der Waals surface area contributed by atoms with Gasteiger partial charge in [-0.1, -0.05) is 17.7 Å². The SMILES string of the molecule is NC(=O)[C@]1(Cc2ccc(Cl)c(F)c2)CCCN1. The zero-order chi connectivity index (χ0) is 12.5. The normalized spacial score (nSPS) is 23.9. The highest BCUT2D eigenvalue weighted by Crippen LogP contribution is 2.25. The van der Waals surface area contributed by atoms with E-state index >= 15 is 0 Å². The van der Waals surface area contributed by atoms with Crippen LogP contribution in [0.1, 0.15) is 18.4 Å². The molecule has 0 spiro atoms. The third-order valence-electron chi connectivity index (χ3n) is 3.21. The second-order valence-corrected chi connectivity index (χ2v) is 4.81. The molecule has 0 aliphatic carbocycles. The number of carbonyl (C=O) groups is 1. The van der Waals surface area contributed by atoms with E-state index in [1.807, 2.05) is 0 Å². The molecule has 0 unspecified atom stereocenters. The van der Waals surface area contributed by atoms with Gasteiger partial charge in [0.25, 0.3) is 0 Å². The Hall–Kier alpha value is -1.13. The van der Waals surface area contributed by atoms with E-state index in [2.05, 4.69) is 5.32 Å². The smallest absolute Gasteiger partial charge is 0.238 e. The lowest BCUT2D eigenvalue weighted by Gasteiger charge is -2.25. The maximum absolute atomic E-state index is 13.3. The van der Waals surface area contributed by atoms with Crippen LogP contribution in [0, 0.1) is 5.82 Å². The summed E-state index contributed by atoms with van der Waals surface area (Å²) in [6.07, 6.45) is 1.99. The molecule has 1 atom stereocenters. The molecule has 1 heterocycles. The van der Waals surface area contributed by atoms with Crippen molar-refractivity contribution in [1.82, 2.24) is 5.32 Å². The molecule has 0 bridgehead atoms. The minimum absolute atomic E-state index is 0.0845. The van der Waals surface area contributed by atoms with Gasteiger partial charge in [0.05, 0.1) is 5.02 Å². The van der Waals surface area contributed by atoms with E-state index in [4.69, 9.17) is 17.3 Å². The van der Waals surface area contributed by atoms with Gasteiger partial charge in [-0.15, -0.1) is 0 Å². The molecule has 1 amide bonds. The molecular formula is C12H14ClFN2O. The standard InChI is InChI=1S/C12H14ClFN2O/c13-9-3-2-8(6-10(9)14)7-12(11(15)17)4-1-5-16-12/h2-3,6,16H,1,4-5,7H2,(H2,15,17)/t12-/m1/s1. The van der Waals surface area contributed by atoms with E-state index in [1.165, 1.54) is 12.1 Å². The third-order valence-corrected chi connectivity index (χ3v) is 3.51. The van der Waals surface area contributed by atoms with Gasteiger partial charge in [0.1, 0.15) is 11.4 Å². The first-order valence-corrected chi connectivity index (χ1v) is 5.90. The molecule has 0 aromatic heterocycles. The van der Waals surface area contributed by atoms with Crippen molar-refractivity contribution in [3.8, 4) is 0 Å². The number of hydrogen-bond donors (Lipinski definition) is 2. The summed E-state index contributed by atoms with van der Waals surface area (Å²) in [7, 11) is 0. The van der Waals surface area contributed by atoms with E-state index < -0.39 is 11.4 Å². The maximum atomic E-state index is 13.3. The van der Waals surface area contributed by atoms with Crippen molar-refractivity contribution in [2.24, 2.45) is 5.73 Å². The lowest BCUT2D eigenvalue weighted by molar-refractivity contribution is -0.123. The average Bonchev–Trinajstić information content (AvgIpc) is 2.73. The first kappa shape index (κ1) is 12.3. The zero-order valence-corrected chi connectivity index (χ0v) is 10.1. The average molecular weight is 257 g/mol. The van der Waals surface area contributed by atoms with Crippen molar-refractivity contribution in [2.75, 3.05) is 6.54 Å². The van der Waals surface area contributed by atoms with E-state index in [0.29, 0.717) is 12.8 Å². The van der Waals surface area contributed by atoms with Crippen molar-refractivity contribution < 1.29 is 9.18 Å². The predicted octanol–water partition coefficient (Wildman–Crippen LogP) is 1.63. The van der Waals surface area contributed by atoms with Crippen LogP contribution in [0.4, 0.5) is 4.39 Å². The first-order chi connectivity index (χ1) is 8.03. The van der Waals surface area contributed by atoms with Gasteiger partial charge in [-0.2, -0.15) is 0 Å². The predicted molar refractivity (Wildman–Crippen MR) is 64.3 cm³/mol. The van der Waals surface area contributed by atoms with Crippen molar-refractivity contribution >= 4 is 17.5 Å². The molecule has 0 radical (unpaired) electrons.